The summed E-state index contributed by atoms with van der Waals surface area (Å²) in [6.45, 7) is 0. The lowest BCUT2D eigenvalue weighted by Crippen LogP contribution is -1.84. The fraction of sp³-hybridized carbons (Fsp3) is 0.0435. The Bertz CT molecular complexity index is 1330. The third kappa shape index (κ3) is 1.81. The zero-order chi connectivity index (χ0) is 16.5. The molecule has 1 aromatic heterocycles. The van der Waals surface area contributed by atoms with Crippen LogP contribution < -0.4 is 0 Å². The van der Waals surface area contributed by atoms with E-state index in [9.17, 15) is 0 Å². The van der Waals surface area contributed by atoms with E-state index in [1.54, 1.807) is 0 Å². The first-order valence-electron chi connectivity index (χ1n) is 8.45. The molecule has 0 nitrogen and oxygen atoms in total. The molecule has 0 bridgehead atoms. The highest BCUT2D eigenvalue weighted by Crippen LogP contribution is 2.49. The fourth-order valence-electron chi connectivity index (χ4n) is 4.31. The van der Waals surface area contributed by atoms with Crippen LogP contribution in [0, 0.1) is 0 Å². The van der Waals surface area contributed by atoms with Crippen LogP contribution in [-0.4, -0.2) is 0 Å². The Morgan fingerprint density at radius 3 is 2.48 bits per heavy atom. The van der Waals surface area contributed by atoms with Crippen molar-refractivity contribution in [2.75, 3.05) is 0 Å². The van der Waals surface area contributed by atoms with E-state index in [2.05, 4.69) is 82.7 Å². The normalized spacial score (nSPS) is 12.8. The molecule has 0 fully saturated rings. The van der Waals surface area contributed by atoms with E-state index in [1.165, 1.54) is 57.7 Å². The van der Waals surface area contributed by atoms with Gasteiger partial charge in [-0.15, -0.1) is 11.3 Å². The van der Waals surface area contributed by atoms with Crippen LogP contribution in [0.3, 0.4) is 0 Å². The van der Waals surface area contributed by atoms with Crippen LogP contribution in [0.2, 0.25) is 0 Å². The largest absolute Gasteiger partial charge is 0.134 e. The van der Waals surface area contributed by atoms with Crippen LogP contribution in [0.4, 0.5) is 0 Å². The van der Waals surface area contributed by atoms with Gasteiger partial charge >= 0.3 is 0 Å². The zero-order valence-corrected chi connectivity index (χ0v) is 15.7. The van der Waals surface area contributed by atoms with Gasteiger partial charge in [-0.1, -0.05) is 54.6 Å². The summed E-state index contributed by atoms with van der Waals surface area (Å²) in [5.41, 5.74) is 5.75. The van der Waals surface area contributed by atoms with E-state index in [-0.39, 0.29) is 0 Å². The monoisotopic (exact) mass is 400 g/mol. The average Bonchev–Trinajstić information content (AvgIpc) is 3.21. The van der Waals surface area contributed by atoms with Crippen LogP contribution in [-0.2, 0) is 6.42 Å². The molecule has 5 aromatic rings. The Kier molecular flexibility index (Phi) is 2.77. The number of benzene rings is 4. The molecule has 0 N–H and O–H groups in total. The van der Waals surface area contributed by atoms with Crippen molar-refractivity contribution in [1.29, 1.82) is 0 Å². The molecule has 0 aliphatic heterocycles. The maximum absolute atomic E-state index is 3.84. The Balaban J connectivity index is 1.78. The second-order valence-electron chi connectivity index (χ2n) is 6.68. The third-order valence-corrected chi connectivity index (χ3v) is 7.49. The van der Waals surface area contributed by atoms with Crippen molar-refractivity contribution in [2.45, 2.75) is 6.42 Å². The van der Waals surface area contributed by atoms with Gasteiger partial charge in [-0.05, 0) is 67.5 Å². The van der Waals surface area contributed by atoms with Gasteiger partial charge in [-0.25, -0.2) is 0 Å². The smallest absolute Gasteiger partial charge is 0.0500 e. The second kappa shape index (κ2) is 4.94. The average molecular weight is 401 g/mol. The quantitative estimate of drug-likeness (QED) is 0.247. The summed E-state index contributed by atoms with van der Waals surface area (Å²) in [7, 11) is 0. The number of hydrogen-bond acceptors (Lipinski definition) is 1. The lowest BCUT2D eigenvalue weighted by molar-refractivity contribution is 1.31. The van der Waals surface area contributed by atoms with Gasteiger partial charge in [0.1, 0.15) is 0 Å². The number of halogens is 1. The molecule has 118 valence electrons. The van der Waals surface area contributed by atoms with Gasteiger partial charge in [0, 0.05) is 19.9 Å². The molecule has 0 unspecified atom stereocenters. The van der Waals surface area contributed by atoms with Crippen molar-refractivity contribution in [3.8, 4) is 11.1 Å². The summed E-state index contributed by atoms with van der Waals surface area (Å²) < 4.78 is 3.95. The van der Waals surface area contributed by atoms with Crippen molar-refractivity contribution in [2.24, 2.45) is 0 Å². The van der Waals surface area contributed by atoms with Gasteiger partial charge in [0.2, 0.25) is 0 Å². The molecule has 6 rings (SSSR count). The zero-order valence-electron chi connectivity index (χ0n) is 13.3. The Hall–Kier alpha value is -2.16. The van der Waals surface area contributed by atoms with E-state index in [4.69, 9.17) is 0 Å². The van der Waals surface area contributed by atoms with Crippen LogP contribution in [0.25, 0.3) is 42.1 Å². The third-order valence-electron chi connectivity index (χ3n) is 5.39. The van der Waals surface area contributed by atoms with Crippen LogP contribution >= 0.6 is 27.3 Å². The molecule has 1 aliphatic carbocycles. The van der Waals surface area contributed by atoms with Gasteiger partial charge in [-0.2, -0.15) is 0 Å². The number of fused-ring (bicyclic) bond motifs is 9. The van der Waals surface area contributed by atoms with Gasteiger partial charge in [0.05, 0.1) is 4.70 Å². The van der Waals surface area contributed by atoms with E-state index in [1.807, 2.05) is 11.3 Å². The lowest BCUT2D eigenvalue weighted by atomic mass is 9.99. The first kappa shape index (κ1) is 14.1. The van der Waals surface area contributed by atoms with Gasteiger partial charge < -0.3 is 0 Å². The number of thiophene rings is 1. The van der Waals surface area contributed by atoms with Crippen molar-refractivity contribution in [1.82, 2.24) is 0 Å². The number of rotatable bonds is 0. The molecular weight excluding hydrogens is 388 g/mol. The Morgan fingerprint density at radius 1 is 0.760 bits per heavy atom. The van der Waals surface area contributed by atoms with Crippen molar-refractivity contribution in [3.05, 3.63) is 82.3 Å². The molecule has 25 heavy (non-hydrogen) atoms. The van der Waals surface area contributed by atoms with Gasteiger partial charge in [-0.3, -0.25) is 0 Å². The highest BCUT2D eigenvalue weighted by atomic mass is 79.9. The van der Waals surface area contributed by atoms with E-state index >= 15 is 0 Å². The summed E-state index contributed by atoms with van der Waals surface area (Å²) in [4.78, 5) is 0. The molecule has 0 saturated heterocycles. The summed E-state index contributed by atoms with van der Waals surface area (Å²) >= 11 is 5.73. The topological polar surface area (TPSA) is 0 Å². The molecule has 0 saturated carbocycles. The second-order valence-corrected chi connectivity index (χ2v) is 8.58. The minimum absolute atomic E-state index is 1.02. The highest BCUT2D eigenvalue weighted by Gasteiger charge is 2.25. The summed E-state index contributed by atoms with van der Waals surface area (Å²) in [5, 5.41) is 5.54. The van der Waals surface area contributed by atoms with Gasteiger partial charge in [0.15, 0.2) is 0 Å². The summed E-state index contributed by atoms with van der Waals surface area (Å²) in [5.74, 6) is 0. The summed E-state index contributed by atoms with van der Waals surface area (Å²) in [6, 6.07) is 24.4. The van der Waals surface area contributed by atoms with Crippen LogP contribution in [0.1, 0.15) is 11.1 Å². The maximum Gasteiger partial charge on any atom is 0.0500 e. The predicted molar refractivity (Wildman–Crippen MR) is 113 cm³/mol. The SMILES string of the molecule is Brc1cc2c(c3c1sc1ccccc13)Cc1c-2ccc2ccccc12. The molecule has 2 heteroatoms. The molecule has 4 aromatic carbocycles. The van der Waals surface area contributed by atoms with Crippen LogP contribution in [0.5, 0.6) is 0 Å². The van der Waals surface area contributed by atoms with Crippen molar-refractivity contribution >= 4 is 58.2 Å². The van der Waals surface area contributed by atoms with E-state index in [0.717, 1.165) is 6.42 Å². The first-order valence-corrected chi connectivity index (χ1v) is 10.1. The fourth-order valence-corrected chi connectivity index (χ4v) is 6.11. The lowest BCUT2D eigenvalue weighted by Gasteiger charge is -2.06. The summed E-state index contributed by atoms with van der Waals surface area (Å²) in [6.07, 6.45) is 1.02. The highest BCUT2D eigenvalue weighted by molar-refractivity contribution is 9.10. The molecule has 0 spiro atoms. The van der Waals surface area contributed by atoms with E-state index < -0.39 is 0 Å². The minimum atomic E-state index is 1.02. The molecule has 0 radical (unpaired) electrons. The molecule has 0 atom stereocenters. The van der Waals surface area contributed by atoms with Crippen molar-refractivity contribution < 1.29 is 0 Å². The standard InChI is InChI=1S/C23H13BrS/c24-20-12-18-15-10-9-13-5-1-2-6-14(13)17(15)11-19(18)22-16-7-3-4-8-21(16)25-23(20)22/h1-10,12H,11H2. The van der Waals surface area contributed by atoms with Crippen molar-refractivity contribution in [3.63, 3.8) is 0 Å². The maximum atomic E-state index is 3.84. The molecule has 1 heterocycles. The minimum Gasteiger partial charge on any atom is -0.134 e. The van der Waals surface area contributed by atoms with E-state index in [0.29, 0.717) is 0 Å². The molecule has 1 aliphatic rings. The Labute approximate surface area is 157 Å². The predicted octanol–water partition coefficient (Wildman–Crippen LogP) is 7.54. The Morgan fingerprint density at radius 2 is 1.56 bits per heavy atom. The number of hydrogen-bond donors (Lipinski definition) is 0. The van der Waals surface area contributed by atoms with Gasteiger partial charge in [0.25, 0.3) is 0 Å². The van der Waals surface area contributed by atoms with Crippen LogP contribution in [0.15, 0.2) is 71.2 Å². The molecule has 0 amide bonds. The first-order chi connectivity index (χ1) is 12.3. The molecular formula is C23H13BrS.